The van der Waals surface area contributed by atoms with Crippen LogP contribution in [0.5, 0.6) is 5.75 Å². The Bertz CT molecular complexity index is 1120. The molecule has 11 nitrogen and oxygen atoms in total. The molecule has 0 aromatic heterocycles. The topological polar surface area (TPSA) is 180 Å². The summed E-state index contributed by atoms with van der Waals surface area (Å²) in [6.45, 7) is 1.96. The van der Waals surface area contributed by atoms with Crippen molar-refractivity contribution >= 4 is 33.4 Å². The fourth-order valence-corrected chi connectivity index (χ4v) is 4.65. The van der Waals surface area contributed by atoms with Gasteiger partial charge in [-0.3, -0.25) is 15.0 Å². The largest absolute Gasteiger partial charge is 0.497 e. The number of sulfonamides is 1. The first-order valence-corrected chi connectivity index (χ1v) is 11.3. The number of nitrogens with zero attached hydrogens (tertiary/aromatic N) is 2. The molecule has 0 bridgehead atoms. The highest BCUT2D eigenvalue weighted by molar-refractivity contribution is 7.89. The minimum Gasteiger partial charge on any atom is -0.497 e. The van der Waals surface area contributed by atoms with Crippen molar-refractivity contribution in [3.8, 4) is 5.75 Å². The van der Waals surface area contributed by atoms with E-state index in [1.807, 2.05) is 0 Å². The van der Waals surface area contributed by atoms with Crippen LogP contribution >= 0.6 is 0 Å². The standard InChI is InChI=1S/C19H23N5O4S.C2H4O2/c1-28-15-6-7-17(16(20)12-15)29(26,27)24-10-8-23(9-11-24)19(25)14-4-2-13(3-5-14)18(21)22;1-2(3)4/h2-7,12H,8-11,20H2,1H3,(H3,21,22);1H3,(H,3,4). The third-order valence-electron chi connectivity index (χ3n) is 4.80. The number of aliphatic carboxylic acids is 1. The van der Waals surface area contributed by atoms with Gasteiger partial charge in [0.1, 0.15) is 16.5 Å². The molecule has 2 aromatic carbocycles. The lowest BCUT2D eigenvalue weighted by Gasteiger charge is -2.34. The van der Waals surface area contributed by atoms with Crippen LogP contribution in [0.4, 0.5) is 5.69 Å². The molecule has 3 rings (SSSR count). The van der Waals surface area contributed by atoms with Gasteiger partial charge in [0.15, 0.2) is 0 Å². The summed E-state index contributed by atoms with van der Waals surface area (Å²) in [5.74, 6) is -0.616. The number of hydrogen-bond donors (Lipinski definition) is 4. The van der Waals surface area contributed by atoms with Gasteiger partial charge < -0.3 is 26.2 Å². The Morgan fingerprint density at radius 3 is 2.00 bits per heavy atom. The Morgan fingerprint density at radius 1 is 1.03 bits per heavy atom. The molecule has 0 unspecified atom stereocenters. The van der Waals surface area contributed by atoms with Crippen LogP contribution in [0, 0.1) is 5.41 Å². The zero-order chi connectivity index (χ0) is 24.8. The highest BCUT2D eigenvalue weighted by Gasteiger charge is 2.31. The maximum Gasteiger partial charge on any atom is 0.300 e. The number of anilines is 1. The van der Waals surface area contributed by atoms with E-state index in [4.69, 9.17) is 31.5 Å². The van der Waals surface area contributed by atoms with E-state index in [0.717, 1.165) is 6.92 Å². The summed E-state index contributed by atoms with van der Waals surface area (Å²) in [4.78, 5) is 23.3. The first-order chi connectivity index (χ1) is 15.5. The summed E-state index contributed by atoms with van der Waals surface area (Å²) in [5.41, 5.74) is 12.4. The third-order valence-corrected chi connectivity index (χ3v) is 6.78. The molecule has 0 radical (unpaired) electrons. The molecule has 6 N–H and O–H groups in total. The van der Waals surface area contributed by atoms with Crippen LogP contribution in [-0.2, 0) is 14.8 Å². The predicted octanol–water partition coefficient (Wildman–Crippen LogP) is 0.799. The Balaban J connectivity index is 0.000000890. The molecule has 2 aromatic rings. The average molecular weight is 478 g/mol. The van der Waals surface area contributed by atoms with E-state index in [-0.39, 0.29) is 48.5 Å². The molecule has 12 heteroatoms. The molecule has 1 amide bonds. The van der Waals surface area contributed by atoms with Crippen molar-refractivity contribution in [3.63, 3.8) is 0 Å². The van der Waals surface area contributed by atoms with Gasteiger partial charge in [-0.15, -0.1) is 0 Å². The van der Waals surface area contributed by atoms with Gasteiger partial charge in [-0.2, -0.15) is 4.31 Å². The predicted molar refractivity (Wildman–Crippen MR) is 123 cm³/mol. The molecule has 0 aliphatic carbocycles. The number of nitrogens with two attached hydrogens (primary N) is 2. The number of amidine groups is 1. The van der Waals surface area contributed by atoms with Crippen molar-refractivity contribution in [1.82, 2.24) is 9.21 Å². The lowest BCUT2D eigenvalue weighted by Crippen LogP contribution is -2.50. The van der Waals surface area contributed by atoms with E-state index in [1.165, 1.54) is 23.5 Å². The number of carbonyl (C=O) groups is 2. The maximum absolute atomic E-state index is 12.9. The molecule has 1 aliphatic rings. The highest BCUT2D eigenvalue weighted by Crippen LogP contribution is 2.27. The quantitative estimate of drug-likeness (QED) is 0.277. The van der Waals surface area contributed by atoms with Crippen molar-refractivity contribution < 1.29 is 27.9 Å². The Kier molecular flexibility index (Phi) is 8.38. The molecule has 1 heterocycles. The normalized spacial score (nSPS) is 14.1. The van der Waals surface area contributed by atoms with Gasteiger partial charge in [-0.25, -0.2) is 8.42 Å². The number of nitrogens with one attached hydrogen (secondary N) is 1. The number of carboxylic acids is 1. The summed E-state index contributed by atoms with van der Waals surface area (Å²) in [7, 11) is -2.29. The molecule has 0 saturated carbocycles. The molecular formula is C21H27N5O6S. The van der Waals surface area contributed by atoms with Crippen LogP contribution in [0.1, 0.15) is 22.8 Å². The number of nitrogen functional groups attached to an aromatic ring is 2. The van der Waals surface area contributed by atoms with Crippen molar-refractivity contribution in [2.24, 2.45) is 5.73 Å². The summed E-state index contributed by atoms with van der Waals surface area (Å²) >= 11 is 0. The average Bonchev–Trinajstić information content (AvgIpc) is 2.78. The fraction of sp³-hybridized carbons (Fsp3) is 0.286. The van der Waals surface area contributed by atoms with E-state index in [1.54, 1.807) is 35.2 Å². The van der Waals surface area contributed by atoms with Crippen LogP contribution in [0.15, 0.2) is 47.4 Å². The second-order valence-corrected chi connectivity index (χ2v) is 9.02. The Labute approximate surface area is 192 Å². The lowest BCUT2D eigenvalue weighted by molar-refractivity contribution is -0.134. The number of ether oxygens (including phenoxy) is 1. The molecule has 178 valence electrons. The maximum atomic E-state index is 12.9. The second-order valence-electron chi connectivity index (χ2n) is 7.11. The summed E-state index contributed by atoms with van der Waals surface area (Å²) in [5, 5.41) is 14.8. The second kappa shape index (κ2) is 10.8. The number of piperazine rings is 1. The lowest BCUT2D eigenvalue weighted by atomic mass is 10.1. The molecule has 1 aliphatic heterocycles. The van der Waals surface area contributed by atoms with Crippen molar-refractivity contribution in [1.29, 1.82) is 5.41 Å². The number of amides is 1. The van der Waals surface area contributed by atoms with E-state index in [9.17, 15) is 13.2 Å². The smallest absolute Gasteiger partial charge is 0.300 e. The minimum atomic E-state index is -3.77. The molecule has 1 fully saturated rings. The zero-order valence-electron chi connectivity index (χ0n) is 18.3. The van der Waals surface area contributed by atoms with Crippen LogP contribution in [0.3, 0.4) is 0 Å². The van der Waals surface area contributed by atoms with Crippen molar-refractivity contribution in [3.05, 3.63) is 53.6 Å². The van der Waals surface area contributed by atoms with Crippen LogP contribution in [0.25, 0.3) is 0 Å². The van der Waals surface area contributed by atoms with Gasteiger partial charge in [0.2, 0.25) is 10.0 Å². The number of rotatable bonds is 5. The molecular weight excluding hydrogens is 450 g/mol. The van der Waals surface area contributed by atoms with Gasteiger partial charge in [-0.1, -0.05) is 12.1 Å². The van der Waals surface area contributed by atoms with Gasteiger partial charge in [0.25, 0.3) is 11.9 Å². The van der Waals surface area contributed by atoms with Crippen molar-refractivity contribution in [2.75, 3.05) is 39.0 Å². The first-order valence-electron chi connectivity index (χ1n) is 9.84. The number of methoxy groups -OCH3 is 1. The third kappa shape index (κ3) is 6.43. The van der Waals surface area contributed by atoms with Gasteiger partial charge in [0.05, 0.1) is 12.8 Å². The monoisotopic (exact) mass is 477 g/mol. The summed E-state index contributed by atoms with van der Waals surface area (Å²) < 4.78 is 32.2. The molecule has 33 heavy (non-hydrogen) atoms. The number of benzene rings is 2. The number of hydrogen-bond acceptors (Lipinski definition) is 7. The first kappa shape index (κ1) is 25.6. The fourth-order valence-electron chi connectivity index (χ4n) is 3.13. The van der Waals surface area contributed by atoms with E-state index in [2.05, 4.69) is 0 Å². The van der Waals surface area contributed by atoms with Crippen LogP contribution < -0.4 is 16.2 Å². The zero-order valence-corrected chi connectivity index (χ0v) is 19.1. The molecule has 0 spiro atoms. The Hall–Kier alpha value is -3.64. The molecule has 0 atom stereocenters. The van der Waals surface area contributed by atoms with Gasteiger partial charge in [0, 0.05) is 50.3 Å². The summed E-state index contributed by atoms with van der Waals surface area (Å²) in [6, 6.07) is 10.9. The van der Waals surface area contributed by atoms with Crippen LogP contribution in [0.2, 0.25) is 0 Å². The summed E-state index contributed by atoms with van der Waals surface area (Å²) in [6.07, 6.45) is 0. The van der Waals surface area contributed by atoms with E-state index in [0.29, 0.717) is 16.9 Å². The Morgan fingerprint density at radius 2 is 1.55 bits per heavy atom. The van der Waals surface area contributed by atoms with Crippen LogP contribution in [-0.4, -0.2) is 73.7 Å². The van der Waals surface area contributed by atoms with Crippen molar-refractivity contribution in [2.45, 2.75) is 11.8 Å². The SMILES string of the molecule is CC(=O)O.COc1ccc(S(=O)(=O)N2CCN(C(=O)c3ccc(C(=N)N)cc3)CC2)c(N)c1. The number of carbonyl (C=O) groups excluding carboxylic acids is 1. The number of carboxylic acid groups (broad SMARTS) is 1. The van der Waals surface area contributed by atoms with Gasteiger partial charge >= 0.3 is 0 Å². The minimum absolute atomic E-state index is 0.0258. The highest BCUT2D eigenvalue weighted by atomic mass is 32.2. The molecule has 1 saturated heterocycles. The van der Waals surface area contributed by atoms with Gasteiger partial charge in [-0.05, 0) is 24.3 Å². The van der Waals surface area contributed by atoms with E-state index < -0.39 is 16.0 Å². The van der Waals surface area contributed by atoms with E-state index >= 15 is 0 Å².